The molecule has 0 saturated heterocycles. The first-order chi connectivity index (χ1) is 13.6. The molecule has 0 unspecified atom stereocenters. The predicted octanol–water partition coefficient (Wildman–Crippen LogP) is 2.67. The Morgan fingerprint density at radius 2 is 1.79 bits per heavy atom. The van der Waals surface area contributed by atoms with Gasteiger partial charge in [0.15, 0.2) is 0 Å². The highest BCUT2D eigenvalue weighted by atomic mass is 35.5. The van der Waals surface area contributed by atoms with Crippen LogP contribution in [0, 0.1) is 10.1 Å². The minimum Gasteiger partial charge on any atom is -0.495 e. The van der Waals surface area contributed by atoms with Crippen LogP contribution in [0.5, 0.6) is 11.5 Å². The van der Waals surface area contributed by atoms with Gasteiger partial charge >= 0.3 is 0 Å². The summed E-state index contributed by atoms with van der Waals surface area (Å²) in [4.78, 5) is 22.9. The number of nitrogens with zero attached hydrogens (tertiary/aromatic N) is 2. The molecule has 10 nitrogen and oxygen atoms in total. The van der Waals surface area contributed by atoms with Crippen LogP contribution in [0.25, 0.3) is 0 Å². The molecule has 2 aromatic carbocycles. The number of halogens is 1. The first kappa shape index (κ1) is 22.2. The van der Waals surface area contributed by atoms with Crippen LogP contribution in [-0.4, -0.2) is 46.3 Å². The fourth-order valence-electron chi connectivity index (χ4n) is 2.44. The average Bonchev–Trinajstić information content (AvgIpc) is 2.64. The van der Waals surface area contributed by atoms with Crippen molar-refractivity contribution in [2.45, 2.75) is 0 Å². The van der Waals surface area contributed by atoms with Crippen molar-refractivity contribution in [1.82, 2.24) is 0 Å². The van der Waals surface area contributed by atoms with Crippen molar-refractivity contribution >= 4 is 44.6 Å². The van der Waals surface area contributed by atoms with Gasteiger partial charge in [0, 0.05) is 17.8 Å². The molecular weight excluding hydrogens is 426 g/mol. The number of rotatable bonds is 8. The summed E-state index contributed by atoms with van der Waals surface area (Å²) in [6.07, 6.45) is 0.878. The van der Waals surface area contributed by atoms with Crippen LogP contribution in [-0.2, 0) is 14.8 Å². The number of nitro benzene ring substituents is 1. The van der Waals surface area contributed by atoms with E-state index in [1.54, 1.807) is 0 Å². The molecule has 2 rings (SSSR count). The molecule has 0 bridgehead atoms. The largest absolute Gasteiger partial charge is 0.495 e. The number of benzene rings is 2. The molecule has 0 saturated carbocycles. The molecule has 0 atom stereocenters. The molecular formula is C17H18ClN3O7S. The van der Waals surface area contributed by atoms with E-state index in [0.717, 1.165) is 16.6 Å². The van der Waals surface area contributed by atoms with E-state index < -0.39 is 27.4 Å². The fourth-order valence-corrected chi connectivity index (χ4v) is 3.55. The van der Waals surface area contributed by atoms with Gasteiger partial charge in [0.25, 0.3) is 5.69 Å². The number of anilines is 2. The number of nitrogens with one attached hydrogen (secondary N) is 1. The van der Waals surface area contributed by atoms with Gasteiger partial charge in [-0.1, -0.05) is 11.6 Å². The third kappa shape index (κ3) is 5.48. The Morgan fingerprint density at radius 3 is 2.31 bits per heavy atom. The summed E-state index contributed by atoms with van der Waals surface area (Å²) in [5, 5.41) is 13.8. The second-order valence-corrected chi connectivity index (χ2v) is 8.09. The zero-order chi connectivity index (χ0) is 21.8. The number of carbonyl (C=O) groups is 1. The van der Waals surface area contributed by atoms with Gasteiger partial charge in [-0.25, -0.2) is 8.42 Å². The van der Waals surface area contributed by atoms with E-state index >= 15 is 0 Å². The Bertz CT molecular complexity index is 1040. The van der Waals surface area contributed by atoms with E-state index in [0.29, 0.717) is 11.4 Å². The quantitative estimate of drug-likeness (QED) is 0.490. The molecule has 2 aromatic rings. The molecule has 0 aliphatic heterocycles. The standard InChI is InChI=1S/C17H18ClN3O7S/c1-27-15-6-4-11(8-13(15)18)19-17(22)10-20(29(3,25)26)14-9-12(21(23)24)5-7-16(14)28-2/h4-9H,10H2,1-3H3,(H,19,22). The van der Waals surface area contributed by atoms with Gasteiger partial charge < -0.3 is 14.8 Å². The lowest BCUT2D eigenvalue weighted by Gasteiger charge is -2.23. The normalized spacial score (nSPS) is 10.9. The second kappa shape index (κ2) is 8.97. The minimum atomic E-state index is -3.98. The Balaban J connectivity index is 2.35. The molecule has 0 aliphatic rings. The van der Waals surface area contributed by atoms with Gasteiger partial charge in [0.2, 0.25) is 15.9 Å². The SMILES string of the molecule is COc1ccc(NC(=O)CN(c2cc([N+](=O)[O-])ccc2OC)S(C)(=O)=O)cc1Cl. The zero-order valence-corrected chi connectivity index (χ0v) is 17.3. The Labute approximate surface area is 172 Å². The lowest BCUT2D eigenvalue weighted by molar-refractivity contribution is -0.384. The topological polar surface area (TPSA) is 128 Å². The molecule has 0 aromatic heterocycles. The highest BCUT2D eigenvalue weighted by Crippen LogP contribution is 2.34. The van der Waals surface area contributed by atoms with Crippen molar-refractivity contribution < 1.29 is 27.6 Å². The third-order valence-electron chi connectivity index (χ3n) is 3.77. The van der Waals surface area contributed by atoms with Gasteiger partial charge in [-0.3, -0.25) is 19.2 Å². The van der Waals surface area contributed by atoms with Crippen LogP contribution >= 0.6 is 11.6 Å². The van der Waals surface area contributed by atoms with Crippen molar-refractivity contribution in [3.63, 3.8) is 0 Å². The Morgan fingerprint density at radius 1 is 1.17 bits per heavy atom. The smallest absolute Gasteiger partial charge is 0.271 e. The maximum Gasteiger partial charge on any atom is 0.271 e. The van der Waals surface area contributed by atoms with Gasteiger partial charge in [-0.05, 0) is 24.3 Å². The minimum absolute atomic E-state index is 0.0568. The zero-order valence-electron chi connectivity index (χ0n) is 15.7. The highest BCUT2D eigenvalue weighted by molar-refractivity contribution is 7.92. The van der Waals surface area contributed by atoms with Gasteiger partial charge in [-0.2, -0.15) is 0 Å². The van der Waals surface area contributed by atoms with Crippen LogP contribution in [0.1, 0.15) is 0 Å². The van der Waals surface area contributed by atoms with E-state index in [1.165, 1.54) is 44.6 Å². The predicted molar refractivity (Wildman–Crippen MR) is 108 cm³/mol. The Hall–Kier alpha value is -3.05. The van der Waals surface area contributed by atoms with Crippen LogP contribution in [0.2, 0.25) is 5.02 Å². The average molecular weight is 444 g/mol. The lowest BCUT2D eigenvalue weighted by atomic mass is 10.2. The third-order valence-corrected chi connectivity index (χ3v) is 5.19. The van der Waals surface area contributed by atoms with Crippen molar-refractivity contribution in [3.05, 3.63) is 51.5 Å². The molecule has 12 heteroatoms. The van der Waals surface area contributed by atoms with Crippen LogP contribution < -0.4 is 19.1 Å². The number of hydrogen-bond acceptors (Lipinski definition) is 7. The number of amides is 1. The van der Waals surface area contributed by atoms with Gasteiger partial charge in [0.1, 0.15) is 23.7 Å². The summed E-state index contributed by atoms with van der Waals surface area (Å²) < 4.78 is 35.4. The monoisotopic (exact) mass is 443 g/mol. The molecule has 0 radical (unpaired) electrons. The molecule has 1 amide bonds. The number of sulfonamides is 1. The first-order valence-electron chi connectivity index (χ1n) is 8.00. The van der Waals surface area contributed by atoms with Crippen molar-refractivity contribution in [2.75, 3.05) is 36.6 Å². The summed E-state index contributed by atoms with van der Waals surface area (Å²) in [7, 11) is -1.25. The van der Waals surface area contributed by atoms with Crippen LogP contribution in [0.4, 0.5) is 17.1 Å². The molecule has 0 fully saturated rings. The fraction of sp³-hybridized carbons (Fsp3) is 0.235. The maximum absolute atomic E-state index is 12.5. The van der Waals surface area contributed by atoms with Gasteiger partial charge in [0.05, 0.1) is 30.4 Å². The highest BCUT2D eigenvalue weighted by Gasteiger charge is 2.26. The molecule has 0 heterocycles. The number of nitro groups is 1. The van der Waals surface area contributed by atoms with Crippen LogP contribution in [0.15, 0.2) is 36.4 Å². The molecule has 29 heavy (non-hydrogen) atoms. The summed E-state index contributed by atoms with van der Waals surface area (Å²) in [6, 6.07) is 7.96. The van der Waals surface area contributed by atoms with E-state index in [1.807, 2.05) is 0 Å². The van der Waals surface area contributed by atoms with Crippen LogP contribution in [0.3, 0.4) is 0 Å². The van der Waals surface area contributed by atoms with E-state index in [-0.39, 0.29) is 22.1 Å². The summed E-state index contributed by atoms with van der Waals surface area (Å²) in [5.41, 5.74) is -0.163. The maximum atomic E-state index is 12.5. The number of non-ortho nitro benzene ring substituents is 1. The van der Waals surface area contributed by atoms with Gasteiger partial charge in [-0.15, -0.1) is 0 Å². The van der Waals surface area contributed by atoms with Crippen molar-refractivity contribution in [2.24, 2.45) is 0 Å². The van der Waals surface area contributed by atoms with Crippen molar-refractivity contribution in [1.29, 1.82) is 0 Å². The van der Waals surface area contributed by atoms with E-state index in [2.05, 4.69) is 5.32 Å². The number of ether oxygens (including phenoxy) is 2. The summed E-state index contributed by atoms with van der Waals surface area (Å²) in [6.45, 7) is -0.639. The Kier molecular flexibility index (Phi) is 6.88. The van der Waals surface area contributed by atoms with E-state index in [9.17, 15) is 23.3 Å². The number of carbonyl (C=O) groups excluding carboxylic acids is 1. The second-order valence-electron chi connectivity index (χ2n) is 5.78. The molecule has 0 aliphatic carbocycles. The summed E-state index contributed by atoms with van der Waals surface area (Å²) >= 11 is 6.01. The summed E-state index contributed by atoms with van der Waals surface area (Å²) in [5.74, 6) is -0.227. The van der Waals surface area contributed by atoms with Crippen molar-refractivity contribution in [3.8, 4) is 11.5 Å². The number of methoxy groups -OCH3 is 2. The molecule has 1 N–H and O–H groups in total. The van der Waals surface area contributed by atoms with E-state index in [4.69, 9.17) is 21.1 Å². The number of hydrogen-bond donors (Lipinski definition) is 1. The molecule has 156 valence electrons. The lowest BCUT2D eigenvalue weighted by Crippen LogP contribution is -2.37. The molecule has 0 spiro atoms. The first-order valence-corrected chi connectivity index (χ1v) is 10.2.